The number of nitrogens with zero attached hydrogens (tertiary/aromatic N) is 1. The number of rotatable bonds is 5. The van der Waals surface area contributed by atoms with Crippen LogP contribution in [0.2, 0.25) is 10.0 Å². The number of benzene rings is 2. The van der Waals surface area contributed by atoms with Gasteiger partial charge in [-0.15, -0.1) is 0 Å². The first-order chi connectivity index (χ1) is 14.6. The van der Waals surface area contributed by atoms with Gasteiger partial charge >= 0.3 is 6.03 Å². The van der Waals surface area contributed by atoms with Gasteiger partial charge in [0.25, 0.3) is 5.91 Å². The van der Waals surface area contributed by atoms with Crippen LogP contribution in [0.25, 0.3) is 0 Å². The second-order valence-electron chi connectivity index (χ2n) is 7.86. The van der Waals surface area contributed by atoms with Crippen LogP contribution in [0.1, 0.15) is 26.7 Å². The average molecular weight is 468 g/mol. The number of piperidine rings is 1. The Bertz CT molecular complexity index is 946. The molecular formula is C22H24Cl2FN3O3. The van der Waals surface area contributed by atoms with Gasteiger partial charge in [0.05, 0.1) is 5.02 Å². The third-order valence-corrected chi connectivity index (χ3v) is 5.56. The molecule has 0 radical (unpaired) electrons. The Hall–Kier alpha value is -2.51. The smallest absolute Gasteiger partial charge is 0.319 e. The molecule has 0 bridgehead atoms. The number of anilines is 1. The van der Waals surface area contributed by atoms with Crippen molar-refractivity contribution in [3.05, 3.63) is 58.3 Å². The van der Waals surface area contributed by atoms with E-state index in [-0.39, 0.29) is 17.0 Å². The number of halogens is 3. The Morgan fingerprint density at radius 1 is 1.10 bits per heavy atom. The maximum absolute atomic E-state index is 13.5. The van der Waals surface area contributed by atoms with E-state index in [9.17, 15) is 14.0 Å². The molecule has 0 aliphatic carbocycles. The van der Waals surface area contributed by atoms with Crippen molar-refractivity contribution >= 4 is 40.8 Å². The molecule has 0 saturated carbocycles. The van der Waals surface area contributed by atoms with Gasteiger partial charge in [0.1, 0.15) is 11.6 Å². The summed E-state index contributed by atoms with van der Waals surface area (Å²) in [5, 5.41) is 6.03. The standard InChI is InChI=1S/C22H24Cl2FN3O3/c1-22(2,31-17-6-3-14(23)4-7-17)20(29)28-11-9-15(10-12-28)26-21(30)27-16-5-8-18(24)19(25)13-16/h3-8,13,15H,9-12H2,1-2H3,(H2,26,27,30). The van der Waals surface area contributed by atoms with E-state index in [0.29, 0.717) is 42.4 Å². The van der Waals surface area contributed by atoms with Crippen LogP contribution in [-0.4, -0.2) is 41.6 Å². The van der Waals surface area contributed by atoms with Gasteiger partial charge < -0.3 is 20.3 Å². The lowest BCUT2D eigenvalue weighted by Crippen LogP contribution is -2.54. The highest BCUT2D eigenvalue weighted by Crippen LogP contribution is 2.24. The SMILES string of the molecule is CC(C)(Oc1ccc(Cl)cc1)C(=O)N1CCC(NC(=O)Nc2ccc(Cl)c(F)c2)CC1. The minimum absolute atomic E-state index is 0.00837. The molecule has 2 N–H and O–H groups in total. The first kappa shape index (κ1) is 23.2. The van der Waals surface area contributed by atoms with E-state index in [1.807, 2.05) is 0 Å². The normalized spacial score (nSPS) is 14.8. The number of ether oxygens (including phenoxy) is 1. The molecule has 31 heavy (non-hydrogen) atoms. The molecule has 1 aliphatic heterocycles. The zero-order valence-electron chi connectivity index (χ0n) is 17.3. The molecule has 3 rings (SSSR count). The third-order valence-electron chi connectivity index (χ3n) is 5.00. The van der Waals surface area contributed by atoms with E-state index in [2.05, 4.69) is 10.6 Å². The zero-order valence-corrected chi connectivity index (χ0v) is 18.8. The maximum atomic E-state index is 13.5. The van der Waals surface area contributed by atoms with Crippen molar-refractivity contribution in [3.63, 3.8) is 0 Å². The van der Waals surface area contributed by atoms with Gasteiger partial charge in [0.15, 0.2) is 5.60 Å². The molecule has 0 atom stereocenters. The van der Waals surface area contributed by atoms with Crippen molar-refractivity contribution in [1.82, 2.24) is 10.2 Å². The molecule has 166 valence electrons. The summed E-state index contributed by atoms with van der Waals surface area (Å²) < 4.78 is 19.4. The van der Waals surface area contributed by atoms with Crippen LogP contribution in [0.5, 0.6) is 5.75 Å². The molecular weight excluding hydrogens is 444 g/mol. The van der Waals surface area contributed by atoms with Crippen molar-refractivity contribution < 1.29 is 18.7 Å². The van der Waals surface area contributed by atoms with Crippen LogP contribution >= 0.6 is 23.2 Å². The topological polar surface area (TPSA) is 70.7 Å². The third kappa shape index (κ3) is 6.24. The van der Waals surface area contributed by atoms with Crippen molar-refractivity contribution in [1.29, 1.82) is 0 Å². The number of amides is 3. The van der Waals surface area contributed by atoms with Gasteiger partial charge in [0, 0.05) is 29.8 Å². The first-order valence-corrected chi connectivity index (χ1v) is 10.7. The molecule has 1 saturated heterocycles. The lowest BCUT2D eigenvalue weighted by Gasteiger charge is -2.37. The number of nitrogens with one attached hydrogen (secondary N) is 2. The van der Waals surface area contributed by atoms with E-state index in [0.717, 1.165) is 6.07 Å². The molecule has 9 heteroatoms. The quantitative estimate of drug-likeness (QED) is 0.642. The predicted octanol–water partition coefficient (Wildman–Crippen LogP) is 5.10. The fraction of sp³-hybridized carbons (Fsp3) is 0.364. The lowest BCUT2D eigenvalue weighted by molar-refractivity contribution is -0.146. The Balaban J connectivity index is 1.48. The summed E-state index contributed by atoms with van der Waals surface area (Å²) >= 11 is 11.5. The highest BCUT2D eigenvalue weighted by Gasteiger charge is 2.36. The number of hydrogen-bond acceptors (Lipinski definition) is 3. The second-order valence-corrected chi connectivity index (χ2v) is 8.70. The summed E-state index contributed by atoms with van der Waals surface area (Å²) in [6, 6.07) is 10.4. The Morgan fingerprint density at radius 2 is 1.74 bits per heavy atom. The summed E-state index contributed by atoms with van der Waals surface area (Å²) in [6.07, 6.45) is 1.20. The highest BCUT2D eigenvalue weighted by molar-refractivity contribution is 6.31. The number of carbonyl (C=O) groups excluding carboxylic acids is 2. The highest BCUT2D eigenvalue weighted by atomic mass is 35.5. The van der Waals surface area contributed by atoms with Crippen LogP contribution in [-0.2, 0) is 4.79 Å². The number of hydrogen-bond donors (Lipinski definition) is 2. The number of urea groups is 1. The van der Waals surface area contributed by atoms with Gasteiger partial charge in [-0.1, -0.05) is 23.2 Å². The molecule has 0 aromatic heterocycles. The molecule has 1 fully saturated rings. The van der Waals surface area contributed by atoms with E-state index < -0.39 is 17.4 Å². The Labute approximate surface area is 190 Å². The van der Waals surface area contributed by atoms with E-state index in [1.165, 1.54) is 12.1 Å². The Kier molecular flexibility index (Phi) is 7.28. The zero-order chi connectivity index (χ0) is 22.6. The monoisotopic (exact) mass is 467 g/mol. The molecule has 3 amide bonds. The molecule has 0 spiro atoms. The van der Waals surface area contributed by atoms with Gasteiger partial charge in [-0.3, -0.25) is 4.79 Å². The number of carbonyl (C=O) groups is 2. The molecule has 2 aromatic rings. The van der Waals surface area contributed by atoms with Crippen molar-refractivity contribution in [2.75, 3.05) is 18.4 Å². The van der Waals surface area contributed by atoms with Gasteiger partial charge in [-0.05, 0) is 69.2 Å². The molecule has 1 aliphatic rings. The molecule has 2 aromatic carbocycles. The van der Waals surface area contributed by atoms with Crippen LogP contribution in [0, 0.1) is 5.82 Å². The van der Waals surface area contributed by atoms with Crippen LogP contribution < -0.4 is 15.4 Å². The van der Waals surface area contributed by atoms with Crippen LogP contribution in [0.4, 0.5) is 14.9 Å². The molecule has 0 unspecified atom stereocenters. The molecule has 6 nitrogen and oxygen atoms in total. The van der Waals surface area contributed by atoms with E-state index >= 15 is 0 Å². The van der Waals surface area contributed by atoms with Crippen molar-refractivity contribution in [2.45, 2.75) is 38.3 Å². The number of likely N-dealkylation sites (tertiary alicyclic amines) is 1. The predicted molar refractivity (Wildman–Crippen MR) is 119 cm³/mol. The summed E-state index contributed by atoms with van der Waals surface area (Å²) in [7, 11) is 0. The summed E-state index contributed by atoms with van der Waals surface area (Å²) in [5.74, 6) is -0.161. The Morgan fingerprint density at radius 3 is 2.35 bits per heavy atom. The van der Waals surface area contributed by atoms with E-state index in [4.69, 9.17) is 27.9 Å². The van der Waals surface area contributed by atoms with Gasteiger partial charge in [0.2, 0.25) is 0 Å². The minimum Gasteiger partial charge on any atom is -0.478 e. The molecule has 1 heterocycles. The fourth-order valence-corrected chi connectivity index (χ4v) is 3.62. The van der Waals surface area contributed by atoms with Gasteiger partial charge in [-0.25, -0.2) is 9.18 Å². The minimum atomic E-state index is -1.04. The average Bonchev–Trinajstić information content (AvgIpc) is 2.72. The van der Waals surface area contributed by atoms with Crippen LogP contribution in [0.3, 0.4) is 0 Å². The van der Waals surface area contributed by atoms with Crippen LogP contribution in [0.15, 0.2) is 42.5 Å². The largest absolute Gasteiger partial charge is 0.478 e. The first-order valence-electron chi connectivity index (χ1n) is 9.90. The fourth-order valence-electron chi connectivity index (χ4n) is 3.38. The maximum Gasteiger partial charge on any atom is 0.319 e. The van der Waals surface area contributed by atoms with Crippen molar-refractivity contribution in [2.24, 2.45) is 0 Å². The summed E-state index contributed by atoms with van der Waals surface area (Å²) in [5.41, 5.74) is -0.725. The van der Waals surface area contributed by atoms with Crippen molar-refractivity contribution in [3.8, 4) is 5.75 Å². The summed E-state index contributed by atoms with van der Waals surface area (Å²) in [4.78, 5) is 26.9. The second kappa shape index (κ2) is 9.75. The lowest BCUT2D eigenvalue weighted by atomic mass is 10.0. The van der Waals surface area contributed by atoms with E-state index in [1.54, 1.807) is 43.0 Å². The van der Waals surface area contributed by atoms with Gasteiger partial charge in [-0.2, -0.15) is 0 Å². The summed E-state index contributed by atoms with van der Waals surface area (Å²) in [6.45, 7) is 4.44.